The second-order valence-corrected chi connectivity index (χ2v) is 4.12. The minimum absolute atomic E-state index is 0.234. The quantitative estimate of drug-likeness (QED) is 0.782. The van der Waals surface area contributed by atoms with Gasteiger partial charge in [0.05, 0.1) is 11.6 Å². The molecular weight excluding hydrogens is 233 g/mol. The highest BCUT2D eigenvalue weighted by atomic mass is 35.5. The summed E-state index contributed by atoms with van der Waals surface area (Å²) in [4.78, 5) is 8.41. The SMILES string of the molecule is CC(N)c1nc(Cl)c2cc(Cl)ccc2n1. The van der Waals surface area contributed by atoms with Gasteiger partial charge in [-0.15, -0.1) is 0 Å². The molecule has 0 bridgehead atoms. The van der Waals surface area contributed by atoms with Gasteiger partial charge in [-0.05, 0) is 25.1 Å². The first-order valence-corrected chi connectivity index (χ1v) is 5.22. The number of nitrogens with zero attached hydrogens (tertiary/aromatic N) is 2. The number of benzene rings is 1. The summed E-state index contributed by atoms with van der Waals surface area (Å²) in [6.45, 7) is 1.81. The average Bonchev–Trinajstić information content (AvgIpc) is 2.18. The van der Waals surface area contributed by atoms with Gasteiger partial charge in [-0.3, -0.25) is 0 Å². The third kappa shape index (κ3) is 2.04. The zero-order valence-electron chi connectivity index (χ0n) is 8.04. The molecule has 1 aromatic heterocycles. The third-order valence-corrected chi connectivity index (χ3v) is 2.56. The smallest absolute Gasteiger partial charge is 0.147 e. The Balaban J connectivity index is 2.73. The molecule has 0 saturated carbocycles. The molecule has 0 aliphatic rings. The predicted molar refractivity (Wildman–Crippen MR) is 62.2 cm³/mol. The van der Waals surface area contributed by atoms with E-state index in [2.05, 4.69) is 9.97 Å². The average molecular weight is 242 g/mol. The van der Waals surface area contributed by atoms with Crippen molar-refractivity contribution in [2.24, 2.45) is 5.73 Å². The van der Waals surface area contributed by atoms with Crippen molar-refractivity contribution in [1.29, 1.82) is 0 Å². The van der Waals surface area contributed by atoms with Crippen molar-refractivity contribution >= 4 is 34.1 Å². The summed E-state index contributed by atoms with van der Waals surface area (Å²) >= 11 is 11.9. The molecule has 0 fully saturated rings. The van der Waals surface area contributed by atoms with Crippen molar-refractivity contribution in [3.8, 4) is 0 Å². The van der Waals surface area contributed by atoms with E-state index in [0.717, 1.165) is 10.9 Å². The van der Waals surface area contributed by atoms with Crippen LogP contribution in [0.15, 0.2) is 18.2 Å². The normalized spacial score (nSPS) is 13.1. The molecule has 2 N–H and O–H groups in total. The Morgan fingerprint density at radius 2 is 2.00 bits per heavy atom. The van der Waals surface area contributed by atoms with Crippen molar-refractivity contribution in [1.82, 2.24) is 9.97 Å². The fourth-order valence-corrected chi connectivity index (χ4v) is 1.69. The molecule has 0 aliphatic heterocycles. The van der Waals surface area contributed by atoms with Gasteiger partial charge in [0.2, 0.25) is 0 Å². The van der Waals surface area contributed by atoms with Crippen LogP contribution in [-0.2, 0) is 0 Å². The molecule has 0 radical (unpaired) electrons. The van der Waals surface area contributed by atoms with E-state index in [1.54, 1.807) is 18.2 Å². The van der Waals surface area contributed by atoms with E-state index in [0.29, 0.717) is 16.0 Å². The summed E-state index contributed by atoms with van der Waals surface area (Å²) in [6, 6.07) is 5.07. The van der Waals surface area contributed by atoms with E-state index in [9.17, 15) is 0 Å². The van der Waals surface area contributed by atoms with Crippen molar-refractivity contribution in [3.63, 3.8) is 0 Å². The lowest BCUT2D eigenvalue weighted by atomic mass is 10.2. The molecule has 2 aromatic rings. The molecule has 2 rings (SSSR count). The van der Waals surface area contributed by atoms with Gasteiger partial charge in [-0.25, -0.2) is 9.97 Å². The Labute approximate surface area is 97.2 Å². The lowest BCUT2D eigenvalue weighted by Crippen LogP contribution is -2.10. The van der Waals surface area contributed by atoms with Crippen molar-refractivity contribution in [2.75, 3.05) is 0 Å². The lowest BCUT2D eigenvalue weighted by Gasteiger charge is -2.06. The van der Waals surface area contributed by atoms with Gasteiger partial charge >= 0.3 is 0 Å². The summed E-state index contributed by atoms with van der Waals surface area (Å²) in [5, 5.41) is 1.74. The number of aromatic nitrogens is 2. The second-order valence-electron chi connectivity index (χ2n) is 3.32. The van der Waals surface area contributed by atoms with E-state index in [4.69, 9.17) is 28.9 Å². The van der Waals surface area contributed by atoms with Crippen molar-refractivity contribution in [3.05, 3.63) is 34.2 Å². The number of hydrogen-bond donors (Lipinski definition) is 1. The van der Waals surface area contributed by atoms with Crippen LogP contribution in [0.5, 0.6) is 0 Å². The van der Waals surface area contributed by atoms with Crippen LogP contribution in [0.2, 0.25) is 10.2 Å². The summed E-state index contributed by atoms with van der Waals surface area (Å²) in [7, 11) is 0. The topological polar surface area (TPSA) is 51.8 Å². The lowest BCUT2D eigenvalue weighted by molar-refractivity contribution is 0.746. The van der Waals surface area contributed by atoms with Gasteiger partial charge in [0.1, 0.15) is 11.0 Å². The predicted octanol–water partition coefficient (Wildman–Crippen LogP) is 2.96. The maximum absolute atomic E-state index is 6.01. The number of nitrogens with two attached hydrogens (primary N) is 1. The molecule has 0 saturated heterocycles. The standard InChI is InChI=1S/C10H9Cl2N3/c1-5(13)10-14-8-3-2-6(11)4-7(8)9(12)15-10/h2-5H,13H2,1H3. The maximum atomic E-state index is 6.01. The Hall–Kier alpha value is -0.900. The van der Waals surface area contributed by atoms with Gasteiger partial charge in [-0.2, -0.15) is 0 Å². The van der Waals surface area contributed by atoms with Gasteiger partial charge in [0.25, 0.3) is 0 Å². The monoisotopic (exact) mass is 241 g/mol. The van der Waals surface area contributed by atoms with Gasteiger partial charge in [0.15, 0.2) is 0 Å². The fourth-order valence-electron chi connectivity index (χ4n) is 1.28. The third-order valence-electron chi connectivity index (χ3n) is 2.04. The molecule has 1 unspecified atom stereocenters. The Kier molecular flexibility index (Phi) is 2.78. The van der Waals surface area contributed by atoms with E-state index < -0.39 is 0 Å². The first-order valence-electron chi connectivity index (χ1n) is 4.46. The minimum atomic E-state index is -0.234. The van der Waals surface area contributed by atoms with Crippen molar-refractivity contribution < 1.29 is 0 Å². The number of fused-ring (bicyclic) bond motifs is 1. The zero-order chi connectivity index (χ0) is 11.0. The van der Waals surface area contributed by atoms with E-state index in [-0.39, 0.29) is 6.04 Å². The van der Waals surface area contributed by atoms with Crippen molar-refractivity contribution in [2.45, 2.75) is 13.0 Å². The summed E-state index contributed by atoms with van der Waals surface area (Å²) in [5.74, 6) is 0.537. The number of rotatable bonds is 1. The maximum Gasteiger partial charge on any atom is 0.147 e. The highest BCUT2D eigenvalue weighted by Gasteiger charge is 2.09. The summed E-state index contributed by atoms with van der Waals surface area (Å²) in [6.07, 6.45) is 0. The van der Waals surface area contributed by atoms with Crippen LogP contribution < -0.4 is 5.73 Å². The highest BCUT2D eigenvalue weighted by Crippen LogP contribution is 2.24. The van der Waals surface area contributed by atoms with Gasteiger partial charge < -0.3 is 5.73 Å². The van der Waals surface area contributed by atoms with E-state index >= 15 is 0 Å². The Morgan fingerprint density at radius 3 is 2.67 bits per heavy atom. The van der Waals surface area contributed by atoms with Crippen LogP contribution in [0.25, 0.3) is 10.9 Å². The molecule has 3 nitrogen and oxygen atoms in total. The van der Waals surface area contributed by atoms with Crippen LogP contribution in [0.4, 0.5) is 0 Å². The van der Waals surface area contributed by atoms with E-state index in [1.807, 2.05) is 6.92 Å². The van der Waals surface area contributed by atoms with Crippen LogP contribution in [0.3, 0.4) is 0 Å². The minimum Gasteiger partial charge on any atom is -0.322 e. The molecular formula is C10H9Cl2N3. The molecule has 0 aliphatic carbocycles. The van der Waals surface area contributed by atoms with Crippen LogP contribution >= 0.6 is 23.2 Å². The summed E-state index contributed by atoms with van der Waals surface area (Å²) in [5.41, 5.74) is 6.45. The van der Waals surface area contributed by atoms with Gasteiger partial charge in [0, 0.05) is 10.4 Å². The Bertz CT molecular complexity index is 511. The van der Waals surface area contributed by atoms with Crippen LogP contribution in [0.1, 0.15) is 18.8 Å². The second kappa shape index (κ2) is 3.93. The van der Waals surface area contributed by atoms with Crippen LogP contribution in [0, 0.1) is 0 Å². The molecule has 0 spiro atoms. The summed E-state index contributed by atoms with van der Waals surface area (Å²) < 4.78 is 0. The number of hydrogen-bond acceptors (Lipinski definition) is 3. The first-order chi connectivity index (χ1) is 7.08. The molecule has 0 amide bonds. The molecule has 78 valence electrons. The largest absolute Gasteiger partial charge is 0.322 e. The van der Waals surface area contributed by atoms with Gasteiger partial charge in [-0.1, -0.05) is 23.2 Å². The first kappa shape index (κ1) is 10.6. The fraction of sp³-hybridized carbons (Fsp3) is 0.200. The highest BCUT2D eigenvalue weighted by molar-refractivity contribution is 6.35. The van der Waals surface area contributed by atoms with E-state index in [1.165, 1.54) is 0 Å². The molecule has 5 heteroatoms. The molecule has 1 heterocycles. The van der Waals surface area contributed by atoms with Crippen LogP contribution in [-0.4, -0.2) is 9.97 Å². The molecule has 15 heavy (non-hydrogen) atoms. The number of halogens is 2. The Morgan fingerprint density at radius 1 is 1.27 bits per heavy atom. The molecule has 1 atom stereocenters. The molecule has 1 aromatic carbocycles. The zero-order valence-corrected chi connectivity index (χ0v) is 9.55.